The van der Waals surface area contributed by atoms with Crippen LogP contribution < -0.4 is 10.6 Å². The van der Waals surface area contributed by atoms with Gasteiger partial charge in [-0.15, -0.1) is 0 Å². The van der Waals surface area contributed by atoms with Gasteiger partial charge in [-0.2, -0.15) is 10.4 Å². The molecule has 1 aliphatic heterocycles. The second-order valence-electron chi connectivity index (χ2n) is 11.2. The number of ketones is 1. The van der Waals surface area contributed by atoms with E-state index in [1.165, 1.54) is 0 Å². The minimum absolute atomic E-state index is 0.00871. The van der Waals surface area contributed by atoms with Crippen LogP contribution in [0.5, 0.6) is 5.75 Å². The average Bonchev–Trinajstić information content (AvgIpc) is 3.56. The molecule has 0 fully saturated rings. The summed E-state index contributed by atoms with van der Waals surface area (Å²) >= 11 is 0. The molecule has 8 heteroatoms. The molecule has 3 N–H and O–H groups in total. The highest BCUT2D eigenvalue weighted by Gasteiger charge is 2.46. The zero-order valence-electron chi connectivity index (χ0n) is 22.7. The molecule has 3 heterocycles. The van der Waals surface area contributed by atoms with Gasteiger partial charge in [0.2, 0.25) is 0 Å². The number of nitrogens with two attached hydrogens (primary N) is 1. The summed E-state index contributed by atoms with van der Waals surface area (Å²) in [5.41, 5.74) is 11.2. The predicted molar refractivity (Wildman–Crippen MR) is 153 cm³/mol. The molecule has 4 aromatic rings. The minimum atomic E-state index is -0.688. The number of aryl methyl sites for hydroxylation is 1. The van der Waals surface area contributed by atoms with Crippen LogP contribution in [0.4, 0.5) is 5.69 Å². The van der Waals surface area contributed by atoms with Crippen LogP contribution in [0.2, 0.25) is 0 Å². The first-order chi connectivity index (χ1) is 19.2. The maximum atomic E-state index is 14.1. The first-order valence-corrected chi connectivity index (χ1v) is 13.2. The standard InChI is InChI=1S/C32H30N6O2/c1-20-27(31(36-15-7-8-16-36)38(35-20)22-9-5-4-6-10-22)28-24(19-33)30(34)37(21-11-13-23(39)14-12-21)25-17-32(2,3)18-26(40)29(25)28/h4-16,28,39H,17-18,34H2,1-3H3. The largest absolute Gasteiger partial charge is 0.508 e. The number of phenols is 1. The van der Waals surface area contributed by atoms with Crippen LogP contribution in [0.1, 0.15) is 43.9 Å². The number of allylic oxidation sites excluding steroid dienone is 3. The zero-order valence-corrected chi connectivity index (χ0v) is 22.7. The number of aromatic hydroxyl groups is 1. The van der Waals surface area contributed by atoms with Crippen LogP contribution >= 0.6 is 0 Å². The van der Waals surface area contributed by atoms with Crippen molar-refractivity contribution >= 4 is 11.5 Å². The number of Topliss-reactive ketones (excluding diaryl/α,β-unsaturated/α-hetero) is 1. The van der Waals surface area contributed by atoms with E-state index in [1.54, 1.807) is 24.3 Å². The van der Waals surface area contributed by atoms with E-state index in [1.807, 2.05) is 75.9 Å². The molecule has 6 rings (SSSR count). The van der Waals surface area contributed by atoms with Crippen LogP contribution in [-0.4, -0.2) is 25.2 Å². The lowest BCUT2D eigenvalue weighted by molar-refractivity contribution is -0.118. The van der Waals surface area contributed by atoms with E-state index < -0.39 is 5.92 Å². The Bertz CT molecular complexity index is 1720. The van der Waals surface area contributed by atoms with Crippen LogP contribution in [0, 0.1) is 23.7 Å². The van der Waals surface area contributed by atoms with Gasteiger partial charge in [0, 0.05) is 41.3 Å². The Labute approximate surface area is 232 Å². The van der Waals surface area contributed by atoms with E-state index in [0.29, 0.717) is 35.4 Å². The second-order valence-corrected chi connectivity index (χ2v) is 11.2. The fourth-order valence-corrected chi connectivity index (χ4v) is 6.03. The molecule has 2 aromatic carbocycles. The number of para-hydroxylation sites is 1. The highest BCUT2D eigenvalue weighted by atomic mass is 16.3. The summed E-state index contributed by atoms with van der Waals surface area (Å²) < 4.78 is 3.83. The molecule has 2 aromatic heterocycles. The summed E-state index contributed by atoms with van der Waals surface area (Å²) in [5, 5.41) is 25.4. The number of hydrogen-bond acceptors (Lipinski definition) is 6. The molecule has 0 saturated heterocycles. The molecule has 200 valence electrons. The molecule has 40 heavy (non-hydrogen) atoms. The monoisotopic (exact) mass is 530 g/mol. The number of benzene rings is 2. The summed E-state index contributed by atoms with van der Waals surface area (Å²) in [4.78, 5) is 15.9. The van der Waals surface area contributed by atoms with Crippen molar-refractivity contribution in [2.45, 2.75) is 39.5 Å². The maximum absolute atomic E-state index is 14.1. The lowest BCUT2D eigenvalue weighted by Gasteiger charge is -2.43. The molecule has 0 saturated carbocycles. The van der Waals surface area contributed by atoms with Crippen molar-refractivity contribution in [1.29, 1.82) is 5.26 Å². The summed E-state index contributed by atoms with van der Waals surface area (Å²) in [5.74, 6) is 0.447. The molecule has 0 bridgehead atoms. The van der Waals surface area contributed by atoms with Gasteiger partial charge in [0.05, 0.1) is 28.9 Å². The fourth-order valence-electron chi connectivity index (χ4n) is 6.03. The smallest absolute Gasteiger partial charge is 0.162 e. The van der Waals surface area contributed by atoms with Crippen molar-refractivity contribution in [1.82, 2.24) is 14.3 Å². The average molecular weight is 531 g/mol. The Kier molecular flexibility index (Phi) is 5.88. The molecular formula is C32H30N6O2. The van der Waals surface area contributed by atoms with Crippen LogP contribution in [0.25, 0.3) is 11.5 Å². The third-order valence-corrected chi connectivity index (χ3v) is 7.71. The molecule has 1 unspecified atom stereocenters. The highest BCUT2D eigenvalue weighted by molar-refractivity contribution is 6.02. The van der Waals surface area contributed by atoms with Gasteiger partial charge in [-0.1, -0.05) is 32.0 Å². The lowest BCUT2D eigenvalue weighted by Crippen LogP contribution is -2.42. The molecule has 8 nitrogen and oxygen atoms in total. The van der Waals surface area contributed by atoms with Gasteiger partial charge in [-0.3, -0.25) is 9.69 Å². The van der Waals surface area contributed by atoms with Crippen molar-refractivity contribution in [2.24, 2.45) is 11.1 Å². The highest BCUT2D eigenvalue weighted by Crippen LogP contribution is 2.51. The van der Waals surface area contributed by atoms with Crippen molar-refractivity contribution in [3.05, 3.63) is 113 Å². The van der Waals surface area contributed by atoms with Gasteiger partial charge in [-0.25, -0.2) is 4.68 Å². The van der Waals surface area contributed by atoms with Crippen LogP contribution in [0.15, 0.2) is 102 Å². The van der Waals surface area contributed by atoms with Crippen molar-refractivity contribution < 1.29 is 9.90 Å². The number of rotatable bonds is 4. The van der Waals surface area contributed by atoms with Crippen molar-refractivity contribution in [2.75, 3.05) is 4.90 Å². The van der Waals surface area contributed by atoms with E-state index in [0.717, 1.165) is 22.8 Å². The third kappa shape index (κ3) is 3.98. The van der Waals surface area contributed by atoms with Gasteiger partial charge in [0.15, 0.2) is 5.78 Å². The summed E-state index contributed by atoms with van der Waals surface area (Å²) in [7, 11) is 0. The topological polar surface area (TPSA) is 113 Å². The minimum Gasteiger partial charge on any atom is -0.508 e. The van der Waals surface area contributed by atoms with Gasteiger partial charge < -0.3 is 15.4 Å². The third-order valence-electron chi connectivity index (χ3n) is 7.71. The first kappa shape index (κ1) is 25.3. The zero-order chi connectivity index (χ0) is 28.2. The molecule has 1 aliphatic carbocycles. The summed E-state index contributed by atoms with van der Waals surface area (Å²) in [6, 6.07) is 22.7. The van der Waals surface area contributed by atoms with E-state index >= 15 is 0 Å². The Hall–Kier alpha value is -5.03. The number of nitrogens with zero attached hydrogens (tertiary/aromatic N) is 5. The van der Waals surface area contributed by atoms with Gasteiger partial charge in [0.25, 0.3) is 0 Å². The Morgan fingerprint density at radius 1 is 1.00 bits per heavy atom. The summed E-state index contributed by atoms with van der Waals surface area (Å²) in [6.07, 6.45) is 4.82. The van der Waals surface area contributed by atoms with E-state index in [-0.39, 0.29) is 22.8 Å². The van der Waals surface area contributed by atoms with Crippen molar-refractivity contribution in [3.63, 3.8) is 0 Å². The maximum Gasteiger partial charge on any atom is 0.162 e. The van der Waals surface area contributed by atoms with E-state index in [9.17, 15) is 15.2 Å². The van der Waals surface area contributed by atoms with E-state index in [2.05, 4.69) is 19.9 Å². The first-order valence-electron chi connectivity index (χ1n) is 13.2. The van der Waals surface area contributed by atoms with Crippen molar-refractivity contribution in [3.8, 4) is 23.3 Å². The number of anilines is 1. The SMILES string of the molecule is Cc1nn(-c2ccccc2)c(-n2cccc2)c1C1C(C#N)=C(N)N(c2ccc(O)cc2)C2=C1C(=O)CC(C)(C)C2. The van der Waals surface area contributed by atoms with Crippen LogP contribution in [0.3, 0.4) is 0 Å². The number of carbonyl (C=O) groups is 1. The number of nitriles is 1. The number of phenolic OH excluding ortho intramolecular Hbond substituents is 1. The Balaban J connectivity index is 1.67. The molecule has 0 amide bonds. The van der Waals surface area contributed by atoms with Gasteiger partial charge in [0.1, 0.15) is 17.4 Å². The molecule has 0 radical (unpaired) electrons. The van der Waals surface area contributed by atoms with Gasteiger partial charge in [-0.05, 0) is 67.3 Å². The normalized spacial score (nSPS) is 18.6. The number of hydrogen-bond donors (Lipinski definition) is 2. The van der Waals surface area contributed by atoms with E-state index in [4.69, 9.17) is 10.8 Å². The van der Waals surface area contributed by atoms with Crippen LogP contribution in [-0.2, 0) is 4.79 Å². The molecule has 1 atom stereocenters. The molecular weight excluding hydrogens is 500 g/mol. The number of aromatic nitrogens is 3. The number of carbonyl (C=O) groups excluding carboxylic acids is 1. The molecule has 0 spiro atoms. The summed E-state index contributed by atoms with van der Waals surface area (Å²) in [6.45, 7) is 6.06. The Morgan fingerprint density at radius 3 is 2.33 bits per heavy atom. The quantitative estimate of drug-likeness (QED) is 0.354. The molecule has 2 aliphatic rings. The lowest BCUT2D eigenvalue weighted by atomic mass is 9.68. The fraction of sp³-hybridized carbons (Fsp3) is 0.219. The predicted octanol–water partition coefficient (Wildman–Crippen LogP) is 5.62. The van der Waals surface area contributed by atoms with Gasteiger partial charge >= 0.3 is 0 Å². The Morgan fingerprint density at radius 2 is 1.68 bits per heavy atom. The second kappa shape index (κ2) is 9.31.